The Morgan fingerprint density at radius 3 is 2.62 bits per heavy atom. The highest BCUT2D eigenvalue weighted by Gasteiger charge is 2.31. The molecular formula is C18H20N4O2. The minimum atomic E-state index is -0.284. The maximum absolute atomic E-state index is 12.1. The van der Waals surface area contributed by atoms with E-state index in [4.69, 9.17) is 5.73 Å². The lowest BCUT2D eigenvalue weighted by atomic mass is 9.78. The van der Waals surface area contributed by atoms with Gasteiger partial charge in [0.05, 0.1) is 5.69 Å². The number of benzene rings is 1. The molecule has 24 heavy (non-hydrogen) atoms. The number of primary amides is 1. The van der Waals surface area contributed by atoms with E-state index in [2.05, 4.69) is 15.6 Å². The molecule has 1 aromatic heterocycles. The van der Waals surface area contributed by atoms with Gasteiger partial charge in [-0.1, -0.05) is 30.3 Å². The number of nitrogens with one attached hydrogen (secondary N) is 2. The zero-order valence-corrected chi connectivity index (χ0v) is 13.2. The van der Waals surface area contributed by atoms with Crippen molar-refractivity contribution in [1.82, 2.24) is 10.3 Å². The van der Waals surface area contributed by atoms with Crippen LogP contribution in [0.2, 0.25) is 0 Å². The van der Waals surface area contributed by atoms with E-state index in [1.54, 1.807) is 12.3 Å². The third kappa shape index (κ3) is 4.10. The van der Waals surface area contributed by atoms with E-state index < -0.39 is 0 Å². The first-order valence-electron chi connectivity index (χ1n) is 7.97. The topological polar surface area (TPSA) is 97.1 Å². The zero-order chi connectivity index (χ0) is 16.9. The zero-order valence-electron chi connectivity index (χ0n) is 13.2. The number of nitrogens with zero attached hydrogens (tertiary/aromatic N) is 1. The molecule has 1 saturated carbocycles. The van der Waals surface area contributed by atoms with E-state index >= 15 is 0 Å². The number of carbonyl (C=O) groups excluding carboxylic acids is 2. The smallest absolute Gasteiger partial charge is 0.319 e. The Morgan fingerprint density at radius 1 is 1.17 bits per heavy atom. The van der Waals surface area contributed by atoms with Crippen LogP contribution in [0.3, 0.4) is 0 Å². The Bertz CT molecular complexity index is 727. The molecule has 0 aliphatic heterocycles. The van der Waals surface area contributed by atoms with Gasteiger partial charge in [-0.05, 0) is 30.9 Å². The predicted octanol–water partition coefficient (Wildman–Crippen LogP) is 2.52. The molecule has 124 valence electrons. The molecule has 1 aliphatic rings. The van der Waals surface area contributed by atoms with Crippen molar-refractivity contribution in [3.8, 4) is 11.3 Å². The normalized spacial score (nSPS) is 19.2. The van der Waals surface area contributed by atoms with Gasteiger partial charge >= 0.3 is 6.03 Å². The van der Waals surface area contributed by atoms with Gasteiger partial charge in [0, 0.05) is 29.9 Å². The lowest BCUT2D eigenvalue weighted by Gasteiger charge is -2.35. The summed E-state index contributed by atoms with van der Waals surface area (Å²) in [5.74, 6) is 0.00605. The molecule has 6 nitrogen and oxygen atoms in total. The molecule has 1 fully saturated rings. The summed E-state index contributed by atoms with van der Waals surface area (Å²) < 4.78 is 0. The molecule has 0 atom stereocenters. The highest BCUT2D eigenvalue weighted by molar-refractivity contribution is 5.90. The van der Waals surface area contributed by atoms with Crippen molar-refractivity contribution >= 4 is 17.6 Å². The molecule has 3 amide bonds. The fraction of sp³-hybridized carbons (Fsp3) is 0.278. The Kier molecular flexibility index (Phi) is 4.74. The highest BCUT2D eigenvalue weighted by Crippen LogP contribution is 2.30. The quantitative estimate of drug-likeness (QED) is 0.788. The standard InChI is InChI=1S/C18H20N4O2/c19-17(23)10-12-8-15(9-12)22-18(24)21-14-6-7-20-16(11-14)13-4-2-1-3-5-13/h1-7,11-12,15H,8-10H2,(H2,19,23)(H2,20,21,22,24). The van der Waals surface area contributed by atoms with Gasteiger partial charge in [0.1, 0.15) is 0 Å². The first-order valence-corrected chi connectivity index (χ1v) is 7.97. The largest absolute Gasteiger partial charge is 0.370 e. The Labute approximate surface area is 140 Å². The molecule has 1 aliphatic carbocycles. The minimum Gasteiger partial charge on any atom is -0.370 e. The summed E-state index contributed by atoms with van der Waals surface area (Å²) in [6, 6.07) is 13.2. The summed E-state index contributed by atoms with van der Waals surface area (Å²) in [5, 5.41) is 5.73. The van der Waals surface area contributed by atoms with E-state index in [1.807, 2.05) is 36.4 Å². The molecule has 0 saturated heterocycles. The molecule has 3 rings (SSSR count). The van der Waals surface area contributed by atoms with Gasteiger partial charge in [-0.3, -0.25) is 9.78 Å². The first-order chi connectivity index (χ1) is 11.6. The number of anilines is 1. The Morgan fingerprint density at radius 2 is 1.92 bits per heavy atom. The number of nitrogens with two attached hydrogens (primary N) is 1. The van der Waals surface area contributed by atoms with Crippen molar-refractivity contribution in [2.45, 2.75) is 25.3 Å². The Balaban J connectivity index is 1.53. The molecule has 6 heteroatoms. The molecule has 2 aromatic rings. The van der Waals surface area contributed by atoms with Crippen molar-refractivity contribution in [2.24, 2.45) is 11.7 Å². The number of hydrogen-bond acceptors (Lipinski definition) is 3. The third-order valence-corrected chi connectivity index (χ3v) is 4.15. The van der Waals surface area contributed by atoms with Gasteiger partial charge in [0.25, 0.3) is 0 Å². The van der Waals surface area contributed by atoms with Crippen LogP contribution in [0.4, 0.5) is 10.5 Å². The summed E-state index contributed by atoms with van der Waals surface area (Å²) in [7, 11) is 0. The van der Waals surface area contributed by atoms with Crippen molar-refractivity contribution in [2.75, 3.05) is 5.32 Å². The second-order valence-electron chi connectivity index (χ2n) is 6.10. The maximum atomic E-state index is 12.1. The van der Waals surface area contributed by atoms with Gasteiger partial charge in [-0.2, -0.15) is 0 Å². The fourth-order valence-corrected chi connectivity index (χ4v) is 2.93. The maximum Gasteiger partial charge on any atom is 0.319 e. The van der Waals surface area contributed by atoms with Gasteiger partial charge < -0.3 is 16.4 Å². The van der Waals surface area contributed by atoms with Crippen molar-refractivity contribution in [3.63, 3.8) is 0 Å². The van der Waals surface area contributed by atoms with Gasteiger partial charge in [0.15, 0.2) is 0 Å². The van der Waals surface area contributed by atoms with Crippen molar-refractivity contribution in [3.05, 3.63) is 48.7 Å². The number of hydrogen-bond donors (Lipinski definition) is 3. The van der Waals surface area contributed by atoms with Crippen LogP contribution in [0.5, 0.6) is 0 Å². The lowest BCUT2D eigenvalue weighted by Crippen LogP contribution is -2.46. The van der Waals surface area contributed by atoms with E-state index in [9.17, 15) is 9.59 Å². The molecular weight excluding hydrogens is 304 g/mol. The van der Waals surface area contributed by atoms with Crippen molar-refractivity contribution in [1.29, 1.82) is 0 Å². The van der Waals surface area contributed by atoms with Gasteiger partial charge in [-0.25, -0.2) is 4.79 Å². The number of pyridine rings is 1. The number of aromatic nitrogens is 1. The fourth-order valence-electron chi connectivity index (χ4n) is 2.93. The van der Waals surface area contributed by atoms with Crippen molar-refractivity contribution < 1.29 is 9.59 Å². The van der Waals surface area contributed by atoms with Crippen LogP contribution in [0.1, 0.15) is 19.3 Å². The number of rotatable bonds is 5. The van der Waals surface area contributed by atoms with Crippen LogP contribution in [-0.4, -0.2) is 23.0 Å². The van der Waals surface area contributed by atoms with Crippen LogP contribution in [-0.2, 0) is 4.79 Å². The summed E-state index contributed by atoms with van der Waals surface area (Å²) in [6.45, 7) is 0. The van der Waals surface area contributed by atoms with Gasteiger partial charge in [-0.15, -0.1) is 0 Å². The minimum absolute atomic E-state index is 0.102. The molecule has 0 bridgehead atoms. The molecule has 0 radical (unpaired) electrons. The van der Waals surface area contributed by atoms with Crippen LogP contribution in [0, 0.1) is 5.92 Å². The monoisotopic (exact) mass is 324 g/mol. The summed E-state index contributed by atoms with van der Waals surface area (Å²) >= 11 is 0. The molecule has 1 aromatic carbocycles. The molecule has 0 spiro atoms. The van der Waals surface area contributed by atoms with Crippen LogP contribution in [0.15, 0.2) is 48.7 Å². The summed E-state index contributed by atoms with van der Waals surface area (Å²) in [6.07, 6.45) is 3.65. The van der Waals surface area contributed by atoms with Crippen LogP contribution in [0.25, 0.3) is 11.3 Å². The first kappa shape index (κ1) is 16.0. The average molecular weight is 324 g/mol. The molecule has 4 N–H and O–H groups in total. The highest BCUT2D eigenvalue weighted by atomic mass is 16.2. The summed E-state index contributed by atoms with van der Waals surface area (Å²) in [4.78, 5) is 27.2. The average Bonchev–Trinajstić information content (AvgIpc) is 2.53. The SMILES string of the molecule is NC(=O)CC1CC(NC(=O)Nc2ccnc(-c3ccccc3)c2)C1. The molecule has 1 heterocycles. The molecule has 0 unspecified atom stereocenters. The Hall–Kier alpha value is -2.89. The third-order valence-electron chi connectivity index (χ3n) is 4.15. The number of amides is 3. The van der Waals surface area contributed by atoms with E-state index in [1.165, 1.54) is 0 Å². The second-order valence-corrected chi connectivity index (χ2v) is 6.10. The number of urea groups is 1. The predicted molar refractivity (Wildman–Crippen MR) is 92.2 cm³/mol. The van der Waals surface area contributed by atoms with Gasteiger partial charge in [0.2, 0.25) is 5.91 Å². The lowest BCUT2D eigenvalue weighted by molar-refractivity contribution is -0.119. The second kappa shape index (κ2) is 7.12. The van der Waals surface area contributed by atoms with E-state index in [0.29, 0.717) is 18.0 Å². The summed E-state index contributed by atoms with van der Waals surface area (Å²) in [5.41, 5.74) is 7.66. The van der Waals surface area contributed by atoms with E-state index in [-0.39, 0.29) is 18.0 Å². The van der Waals surface area contributed by atoms with E-state index in [0.717, 1.165) is 24.1 Å². The van der Waals surface area contributed by atoms with Crippen LogP contribution >= 0.6 is 0 Å². The van der Waals surface area contributed by atoms with Crippen LogP contribution < -0.4 is 16.4 Å². The number of carbonyl (C=O) groups is 2.